The largest absolute Gasteiger partial charge is 0.463 e. The molecule has 114 valence electrons. The molecule has 1 N–H and O–H groups in total. The maximum Gasteiger partial charge on any atom is 0.118 e. The summed E-state index contributed by atoms with van der Waals surface area (Å²) < 4.78 is 6.97. The second-order valence-electron chi connectivity index (χ2n) is 5.35. The lowest BCUT2D eigenvalue weighted by atomic mass is 10.2. The van der Waals surface area contributed by atoms with E-state index in [-0.39, 0.29) is 0 Å². The van der Waals surface area contributed by atoms with E-state index >= 15 is 0 Å². The first-order chi connectivity index (χ1) is 10.2. The summed E-state index contributed by atoms with van der Waals surface area (Å²) in [4.78, 5) is 2.25. The fourth-order valence-corrected chi connectivity index (χ4v) is 2.71. The van der Waals surface area contributed by atoms with Gasteiger partial charge in [0.15, 0.2) is 0 Å². The molecule has 1 aromatic heterocycles. The van der Waals surface area contributed by atoms with E-state index in [4.69, 9.17) is 4.42 Å². The smallest absolute Gasteiger partial charge is 0.118 e. The highest BCUT2D eigenvalue weighted by Crippen LogP contribution is 2.15. The molecule has 0 fully saturated rings. The SMILES string of the molecule is CCCNCc1ccc(CN(C)Cc2cccc(Br)c2)o1. The Morgan fingerprint density at radius 1 is 1.14 bits per heavy atom. The molecule has 0 radical (unpaired) electrons. The molecular weight excluding hydrogens is 328 g/mol. The number of halogens is 1. The zero-order valence-electron chi connectivity index (χ0n) is 12.7. The van der Waals surface area contributed by atoms with Crippen molar-refractivity contribution in [2.75, 3.05) is 13.6 Å². The number of nitrogens with one attached hydrogen (secondary N) is 1. The van der Waals surface area contributed by atoms with Gasteiger partial charge >= 0.3 is 0 Å². The number of hydrogen-bond acceptors (Lipinski definition) is 3. The van der Waals surface area contributed by atoms with Gasteiger partial charge in [-0.05, 0) is 49.8 Å². The van der Waals surface area contributed by atoms with Crippen LogP contribution in [0.25, 0.3) is 0 Å². The maximum absolute atomic E-state index is 5.85. The van der Waals surface area contributed by atoms with Gasteiger partial charge in [-0.15, -0.1) is 0 Å². The van der Waals surface area contributed by atoms with Crippen molar-refractivity contribution in [2.45, 2.75) is 33.0 Å². The molecule has 1 heterocycles. The molecule has 0 saturated heterocycles. The van der Waals surface area contributed by atoms with Crippen molar-refractivity contribution in [3.05, 3.63) is 58.0 Å². The lowest BCUT2D eigenvalue weighted by molar-refractivity contribution is 0.282. The van der Waals surface area contributed by atoms with E-state index in [1.807, 2.05) is 6.07 Å². The quantitative estimate of drug-likeness (QED) is 0.724. The van der Waals surface area contributed by atoms with E-state index < -0.39 is 0 Å². The lowest BCUT2D eigenvalue weighted by Gasteiger charge is -2.15. The first-order valence-corrected chi connectivity index (χ1v) is 8.18. The number of hydrogen-bond donors (Lipinski definition) is 1. The van der Waals surface area contributed by atoms with Gasteiger partial charge in [-0.1, -0.05) is 35.0 Å². The van der Waals surface area contributed by atoms with Gasteiger partial charge in [0.1, 0.15) is 11.5 Å². The normalized spacial score (nSPS) is 11.2. The van der Waals surface area contributed by atoms with Gasteiger partial charge in [0, 0.05) is 11.0 Å². The molecule has 0 aliphatic rings. The van der Waals surface area contributed by atoms with Crippen molar-refractivity contribution in [1.29, 1.82) is 0 Å². The van der Waals surface area contributed by atoms with E-state index in [0.717, 1.165) is 48.6 Å². The second-order valence-corrected chi connectivity index (χ2v) is 6.26. The molecule has 0 aliphatic carbocycles. The fourth-order valence-electron chi connectivity index (χ4n) is 2.26. The van der Waals surface area contributed by atoms with E-state index in [9.17, 15) is 0 Å². The Morgan fingerprint density at radius 2 is 1.95 bits per heavy atom. The molecule has 3 nitrogen and oxygen atoms in total. The third-order valence-corrected chi connectivity index (χ3v) is 3.70. The lowest BCUT2D eigenvalue weighted by Crippen LogP contribution is -2.17. The van der Waals surface area contributed by atoms with Crippen molar-refractivity contribution < 1.29 is 4.42 Å². The van der Waals surface area contributed by atoms with Gasteiger partial charge < -0.3 is 9.73 Å². The van der Waals surface area contributed by atoms with Crippen LogP contribution in [-0.4, -0.2) is 18.5 Å². The molecule has 0 unspecified atom stereocenters. The molecule has 4 heteroatoms. The van der Waals surface area contributed by atoms with Crippen molar-refractivity contribution in [2.24, 2.45) is 0 Å². The van der Waals surface area contributed by atoms with Gasteiger partial charge in [0.25, 0.3) is 0 Å². The Hall–Kier alpha value is -1.10. The predicted octanol–water partition coefficient (Wildman–Crippen LogP) is 4.17. The molecule has 2 rings (SSSR count). The van der Waals surface area contributed by atoms with Gasteiger partial charge in [0.2, 0.25) is 0 Å². The third-order valence-electron chi connectivity index (χ3n) is 3.21. The Morgan fingerprint density at radius 3 is 2.71 bits per heavy atom. The monoisotopic (exact) mass is 350 g/mol. The number of nitrogens with zero attached hydrogens (tertiary/aromatic N) is 1. The van der Waals surface area contributed by atoms with Gasteiger partial charge in [-0.3, -0.25) is 4.90 Å². The van der Waals surface area contributed by atoms with Gasteiger partial charge in [0.05, 0.1) is 13.1 Å². The molecule has 0 spiro atoms. The minimum atomic E-state index is 0.809. The number of furan rings is 1. The Kier molecular flexibility index (Phi) is 6.49. The summed E-state index contributed by atoms with van der Waals surface area (Å²) in [5.74, 6) is 2.02. The molecule has 0 aliphatic heterocycles. The first-order valence-electron chi connectivity index (χ1n) is 7.38. The number of rotatable bonds is 8. The van der Waals surface area contributed by atoms with Crippen molar-refractivity contribution in [3.8, 4) is 0 Å². The van der Waals surface area contributed by atoms with Crippen LogP contribution in [0.3, 0.4) is 0 Å². The van der Waals surface area contributed by atoms with Crippen molar-refractivity contribution in [1.82, 2.24) is 10.2 Å². The highest BCUT2D eigenvalue weighted by molar-refractivity contribution is 9.10. The average molecular weight is 351 g/mol. The maximum atomic E-state index is 5.85. The molecular formula is C17H23BrN2O. The van der Waals surface area contributed by atoms with E-state index in [2.05, 4.69) is 70.4 Å². The second kappa shape index (κ2) is 8.37. The van der Waals surface area contributed by atoms with Crippen LogP contribution in [0.2, 0.25) is 0 Å². The van der Waals surface area contributed by atoms with Crippen LogP contribution in [0.4, 0.5) is 0 Å². The van der Waals surface area contributed by atoms with Crippen LogP contribution in [0.1, 0.15) is 30.4 Å². The fraction of sp³-hybridized carbons (Fsp3) is 0.412. The van der Waals surface area contributed by atoms with Crippen LogP contribution >= 0.6 is 15.9 Å². The van der Waals surface area contributed by atoms with Crippen molar-refractivity contribution >= 4 is 15.9 Å². The summed E-state index contributed by atoms with van der Waals surface area (Å²) >= 11 is 3.51. The summed E-state index contributed by atoms with van der Waals surface area (Å²) in [6, 6.07) is 12.5. The Bertz CT molecular complexity index is 553. The van der Waals surface area contributed by atoms with E-state index in [1.165, 1.54) is 5.56 Å². The summed E-state index contributed by atoms with van der Waals surface area (Å²) in [7, 11) is 2.11. The summed E-state index contributed by atoms with van der Waals surface area (Å²) in [6.07, 6.45) is 1.14. The summed E-state index contributed by atoms with van der Waals surface area (Å²) in [5, 5.41) is 3.35. The van der Waals surface area contributed by atoms with Gasteiger partial charge in [-0.2, -0.15) is 0 Å². The molecule has 0 amide bonds. The van der Waals surface area contributed by atoms with Crippen LogP contribution in [0.15, 0.2) is 45.3 Å². The highest BCUT2D eigenvalue weighted by atomic mass is 79.9. The zero-order chi connectivity index (χ0) is 15.1. The predicted molar refractivity (Wildman–Crippen MR) is 90.0 cm³/mol. The third kappa shape index (κ3) is 5.65. The summed E-state index contributed by atoms with van der Waals surface area (Å²) in [5.41, 5.74) is 1.29. The molecule has 0 saturated carbocycles. The minimum Gasteiger partial charge on any atom is -0.463 e. The molecule has 2 aromatic rings. The van der Waals surface area contributed by atoms with Crippen molar-refractivity contribution in [3.63, 3.8) is 0 Å². The average Bonchev–Trinajstić information content (AvgIpc) is 2.86. The highest BCUT2D eigenvalue weighted by Gasteiger charge is 2.06. The van der Waals surface area contributed by atoms with E-state index in [0.29, 0.717) is 0 Å². The Balaban J connectivity index is 1.83. The molecule has 21 heavy (non-hydrogen) atoms. The molecule has 0 bridgehead atoms. The van der Waals surface area contributed by atoms with Crippen LogP contribution in [0.5, 0.6) is 0 Å². The van der Waals surface area contributed by atoms with Gasteiger partial charge in [-0.25, -0.2) is 0 Å². The molecule has 0 atom stereocenters. The minimum absolute atomic E-state index is 0.809. The number of benzene rings is 1. The van der Waals surface area contributed by atoms with Crippen LogP contribution in [0, 0.1) is 0 Å². The summed E-state index contributed by atoms with van der Waals surface area (Å²) in [6.45, 7) is 5.73. The standard InChI is InChI=1S/C17H23BrN2O/c1-3-9-19-11-16-7-8-17(21-16)13-20(2)12-14-5-4-6-15(18)10-14/h4-8,10,19H,3,9,11-13H2,1-2H3. The first kappa shape index (κ1) is 16.3. The molecule has 1 aromatic carbocycles. The Labute approximate surface area is 135 Å². The zero-order valence-corrected chi connectivity index (χ0v) is 14.3. The van der Waals surface area contributed by atoms with Crippen LogP contribution in [-0.2, 0) is 19.6 Å². The topological polar surface area (TPSA) is 28.4 Å². The van der Waals surface area contributed by atoms with Crippen LogP contribution < -0.4 is 5.32 Å². The van der Waals surface area contributed by atoms with E-state index in [1.54, 1.807) is 0 Å².